The molecule has 7 nitrogen and oxygen atoms in total. The third-order valence-electron chi connectivity index (χ3n) is 4.00. The number of rotatable bonds is 6. The van der Waals surface area contributed by atoms with E-state index < -0.39 is 0 Å². The number of ether oxygens (including phenoxy) is 2. The van der Waals surface area contributed by atoms with Crippen LogP contribution in [0.15, 0.2) is 48.8 Å². The zero-order valence-corrected chi connectivity index (χ0v) is 14.9. The van der Waals surface area contributed by atoms with E-state index in [0.29, 0.717) is 23.7 Å². The van der Waals surface area contributed by atoms with Crippen molar-refractivity contribution in [2.75, 3.05) is 14.2 Å². The van der Waals surface area contributed by atoms with E-state index in [-0.39, 0.29) is 5.91 Å². The van der Waals surface area contributed by atoms with E-state index in [4.69, 9.17) is 9.47 Å². The first-order valence-electron chi connectivity index (χ1n) is 8.06. The molecule has 2 heterocycles. The minimum absolute atomic E-state index is 0.245. The first-order chi connectivity index (χ1) is 12.6. The molecule has 0 aliphatic heterocycles. The lowest BCUT2D eigenvalue weighted by atomic mass is 10.1. The van der Waals surface area contributed by atoms with Crippen molar-refractivity contribution in [3.63, 3.8) is 0 Å². The molecule has 0 saturated heterocycles. The Bertz CT molecular complexity index is 906. The highest BCUT2D eigenvalue weighted by atomic mass is 16.5. The molecule has 26 heavy (non-hydrogen) atoms. The minimum atomic E-state index is -0.245. The van der Waals surface area contributed by atoms with Crippen molar-refractivity contribution in [2.24, 2.45) is 7.05 Å². The Morgan fingerprint density at radius 1 is 1.12 bits per heavy atom. The van der Waals surface area contributed by atoms with E-state index in [0.717, 1.165) is 16.8 Å². The summed E-state index contributed by atoms with van der Waals surface area (Å²) in [6, 6.07) is 10.9. The Kier molecular flexibility index (Phi) is 5.17. The highest BCUT2D eigenvalue weighted by molar-refractivity contribution is 5.93. The van der Waals surface area contributed by atoms with Gasteiger partial charge in [0.05, 0.1) is 19.9 Å². The van der Waals surface area contributed by atoms with Gasteiger partial charge in [-0.25, -0.2) is 0 Å². The lowest BCUT2D eigenvalue weighted by molar-refractivity contribution is 0.0945. The molecule has 2 aromatic heterocycles. The van der Waals surface area contributed by atoms with Gasteiger partial charge in [-0.05, 0) is 42.0 Å². The standard InChI is InChI=1S/C19H20N4O3/c1-23-17(15-10-14(25-2)4-5-18(15)26-3)11-16(22-23)19(24)21-12-13-6-8-20-9-7-13/h4-11H,12H2,1-3H3,(H,21,24). The second kappa shape index (κ2) is 7.69. The van der Waals surface area contributed by atoms with E-state index in [1.807, 2.05) is 30.3 Å². The van der Waals surface area contributed by atoms with Gasteiger partial charge in [-0.3, -0.25) is 14.5 Å². The fraction of sp³-hybridized carbons (Fsp3) is 0.211. The van der Waals surface area contributed by atoms with Crippen molar-refractivity contribution in [1.29, 1.82) is 0 Å². The van der Waals surface area contributed by atoms with Crippen LogP contribution in [0.2, 0.25) is 0 Å². The molecule has 134 valence electrons. The molecule has 3 aromatic rings. The summed E-state index contributed by atoms with van der Waals surface area (Å²) in [5.41, 5.74) is 2.87. The molecule has 0 aliphatic carbocycles. The van der Waals surface area contributed by atoms with Crippen LogP contribution in [0.25, 0.3) is 11.3 Å². The highest BCUT2D eigenvalue weighted by Crippen LogP contribution is 2.33. The van der Waals surface area contributed by atoms with Crippen LogP contribution in [0.4, 0.5) is 0 Å². The molecule has 0 atom stereocenters. The molecule has 1 aromatic carbocycles. The molecule has 0 bridgehead atoms. The molecule has 3 rings (SSSR count). The van der Waals surface area contributed by atoms with Gasteiger partial charge in [0.15, 0.2) is 5.69 Å². The molecule has 7 heteroatoms. The number of carbonyl (C=O) groups excluding carboxylic acids is 1. The summed E-state index contributed by atoms with van der Waals surface area (Å²) >= 11 is 0. The second-order valence-corrected chi connectivity index (χ2v) is 5.64. The molecule has 0 aliphatic rings. The van der Waals surface area contributed by atoms with Gasteiger partial charge in [0.1, 0.15) is 11.5 Å². The number of methoxy groups -OCH3 is 2. The number of carbonyl (C=O) groups is 1. The van der Waals surface area contributed by atoms with Crippen LogP contribution in [0.5, 0.6) is 11.5 Å². The third-order valence-corrected chi connectivity index (χ3v) is 4.00. The zero-order chi connectivity index (χ0) is 18.5. The van der Waals surface area contributed by atoms with Gasteiger partial charge in [-0.15, -0.1) is 0 Å². The summed E-state index contributed by atoms with van der Waals surface area (Å²) in [5.74, 6) is 1.13. The van der Waals surface area contributed by atoms with Crippen LogP contribution >= 0.6 is 0 Å². The Hall–Kier alpha value is -3.35. The van der Waals surface area contributed by atoms with Gasteiger partial charge < -0.3 is 14.8 Å². The van der Waals surface area contributed by atoms with Crippen LogP contribution in [0.3, 0.4) is 0 Å². The van der Waals surface area contributed by atoms with Gasteiger partial charge in [0.2, 0.25) is 0 Å². The van der Waals surface area contributed by atoms with Gasteiger partial charge in [-0.2, -0.15) is 5.10 Å². The van der Waals surface area contributed by atoms with Gasteiger partial charge >= 0.3 is 0 Å². The van der Waals surface area contributed by atoms with Crippen LogP contribution in [-0.4, -0.2) is 34.9 Å². The molecular formula is C19H20N4O3. The summed E-state index contributed by atoms with van der Waals surface area (Å²) in [6.07, 6.45) is 3.38. The number of hydrogen-bond acceptors (Lipinski definition) is 5. The molecule has 0 saturated carbocycles. The Morgan fingerprint density at radius 2 is 1.88 bits per heavy atom. The van der Waals surface area contributed by atoms with E-state index >= 15 is 0 Å². The third kappa shape index (κ3) is 3.66. The Labute approximate surface area is 151 Å². The largest absolute Gasteiger partial charge is 0.497 e. The fourth-order valence-corrected chi connectivity index (χ4v) is 2.62. The van der Waals surface area contributed by atoms with Crippen molar-refractivity contribution < 1.29 is 14.3 Å². The lowest BCUT2D eigenvalue weighted by Crippen LogP contribution is -2.23. The maximum Gasteiger partial charge on any atom is 0.272 e. The SMILES string of the molecule is COc1ccc(OC)c(-c2cc(C(=O)NCc3ccncc3)nn2C)c1. The fourth-order valence-electron chi connectivity index (χ4n) is 2.62. The van der Waals surface area contributed by atoms with E-state index in [1.54, 1.807) is 44.4 Å². The molecule has 0 unspecified atom stereocenters. The summed E-state index contributed by atoms with van der Waals surface area (Å²) in [7, 11) is 4.99. The van der Waals surface area contributed by atoms with Crippen LogP contribution in [0, 0.1) is 0 Å². The average molecular weight is 352 g/mol. The van der Waals surface area contributed by atoms with Crippen LogP contribution in [0.1, 0.15) is 16.1 Å². The molecule has 1 N–H and O–H groups in total. The summed E-state index contributed by atoms with van der Waals surface area (Å²) in [5, 5.41) is 7.19. The monoisotopic (exact) mass is 352 g/mol. The molecule has 0 spiro atoms. The average Bonchev–Trinajstić information content (AvgIpc) is 3.08. The van der Waals surface area contributed by atoms with Gasteiger partial charge in [0, 0.05) is 31.5 Å². The number of nitrogens with zero attached hydrogens (tertiary/aromatic N) is 3. The molecule has 0 radical (unpaired) electrons. The van der Waals surface area contributed by atoms with Crippen LogP contribution in [-0.2, 0) is 13.6 Å². The second-order valence-electron chi connectivity index (χ2n) is 5.64. The highest BCUT2D eigenvalue weighted by Gasteiger charge is 2.17. The number of benzene rings is 1. The van der Waals surface area contributed by atoms with Crippen molar-refractivity contribution in [3.05, 3.63) is 60.0 Å². The molecule has 0 fully saturated rings. The van der Waals surface area contributed by atoms with Crippen molar-refractivity contribution in [1.82, 2.24) is 20.1 Å². The summed E-state index contributed by atoms with van der Waals surface area (Å²) in [6.45, 7) is 0.412. The van der Waals surface area contributed by atoms with Crippen LogP contribution < -0.4 is 14.8 Å². The first-order valence-corrected chi connectivity index (χ1v) is 8.06. The predicted molar refractivity (Wildman–Crippen MR) is 97.2 cm³/mol. The number of aryl methyl sites for hydroxylation is 1. The number of hydrogen-bond donors (Lipinski definition) is 1. The quantitative estimate of drug-likeness (QED) is 0.737. The van der Waals surface area contributed by atoms with E-state index in [9.17, 15) is 4.79 Å². The van der Waals surface area contributed by atoms with Crippen molar-refractivity contribution in [2.45, 2.75) is 6.54 Å². The minimum Gasteiger partial charge on any atom is -0.497 e. The predicted octanol–water partition coefficient (Wildman–Crippen LogP) is 2.43. The van der Waals surface area contributed by atoms with E-state index in [2.05, 4.69) is 15.4 Å². The number of pyridine rings is 1. The maximum atomic E-state index is 12.4. The van der Waals surface area contributed by atoms with E-state index in [1.165, 1.54) is 0 Å². The summed E-state index contributed by atoms with van der Waals surface area (Å²) in [4.78, 5) is 16.4. The van der Waals surface area contributed by atoms with Crippen molar-refractivity contribution >= 4 is 5.91 Å². The number of amides is 1. The smallest absolute Gasteiger partial charge is 0.272 e. The number of nitrogens with one attached hydrogen (secondary N) is 1. The summed E-state index contributed by atoms with van der Waals surface area (Å²) < 4.78 is 12.4. The first kappa shape index (κ1) is 17.5. The van der Waals surface area contributed by atoms with Gasteiger partial charge in [-0.1, -0.05) is 0 Å². The molecular weight excluding hydrogens is 332 g/mol. The number of aromatic nitrogens is 3. The zero-order valence-electron chi connectivity index (χ0n) is 14.9. The van der Waals surface area contributed by atoms with Crippen molar-refractivity contribution in [3.8, 4) is 22.8 Å². The normalized spacial score (nSPS) is 10.4. The topological polar surface area (TPSA) is 78.3 Å². The molecule has 1 amide bonds. The maximum absolute atomic E-state index is 12.4. The lowest BCUT2D eigenvalue weighted by Gasteiger charge is -2.10. The Balaban J connectivity index is 1.84. The van der Waals surface area contributed by atoms with Gasteiger partial charge in [0.25, 0.3) is 5.91 Å². The Morgan fingerprint density at radius 3 is 2.58 bits per heavy atom.